The van der Waals surface area contributed by atoms with E-state index in [4.69, 9.17) is 14.2 Å². The van der Waals surface area contributed by atoms with Crippen molar-refractivity contribution in [2.24, 2.45) is 0 Å². The van der Waals surface area contributed by atoms with Crippen molar-refractivity contribution < 1.29 is 28.6 Å². The highest BCUT2D eigenvalue weighted by atomic mass is 16.6. The molecule has 72 heavy (non-hydrogen) atoms. The first kappa shape index (κ1) is 67.0. The molecule has 0 heterocycles. The van der Waals surface area contributed by atoms with Crippen molar-refractivity contribution in [2.45, 2.75) is 226 Å². The van der Waals surface area contributed by atoms with Crippen LogP contribution in [0.3, 0.4) is 0 Å². The first-order valence-corrected chi connectivity index (χ1v) is 28.6. The van der Waals surface area contributed by atoms with Gasteiger partial charge in [0, 0.05) is 19.3 Å². The zero-order valence-corrected chi connectivity index (χ0v) is 45.9. The summed E-state index contributed by atoms with van der Waals surface area (Å²) in [6.45, 7) is 6.27. The monoisotopic (exact) mass is 991 g/mol. The van der Waals surface area contributed by atoms with Crippen LogP contribution in [0.4, 0.5) is 0 Å². The van der Waals surface area contributed by atoms with Crippen molar-refractivity contribution in [3.05, 3.63) is 158 Å². The predicted octanol–water partition coefficient (Wildman–Crippen LogP) is 19.4. The average molecular weight is 992 g/mol. The van der Waals surface area contributed by atoms with Crippen LogP contribution in [0, 0.1) is 0 Å². The SMILES string of the molecule is CC\C=C/C=C\C=C/C=C\C=C\C=C/CCCCCC(=O)OCC(COC(=O)CCCCCCCCCCC/C=C\C/C=C\C/C=C\CC)OC(=O)CCCCCCC\C=C/C=C\C=C/C=C\CCCCC. The molecule has 0 N–H and O–H groups in total. The standard InChI is InChI=1S/C66H102O6/c1-4-7-10-13-16-19-22-25-28-31-33-36-38-41-44-47-50-53-56-59-65(68)71-62-63(61-70-64(67)58-55-52-49-46-43-40-37-34-30-27-24-21-18-15-12-9-6-3)72-66(69)60-57-54-51-48-45-42-39-35-32-29-26-23-20-17-14-11-8-5-2/h7,9-10,12,15-21,23-30,32,34-35,37,39-40,43,63H,4-6,8,11,13-14,22,31,33,36,38,41-42,44-62H2,1-3H3/b10-7-,12-9-,18-15-,19-16-,20-17-,24-21-,26-23-,28-25-,30-27-,32-29-,37-34+,39-35-,43-40-. The second-order valence-electron chi connectivity index (χ2n) is 18.3. The molecule has 0 aromatic carbocycles. The molecule has 0 bridgehead atoms. The maximum absolute atomic E-state index is 12.9. The molecule has 0 rings (SSSR count). The Balaban J connectivity index is 4.56. The lowest BCUT2D eigenvalue weighted by molar-refractivity contribution is -0.167. The number of ether oxygens (including phenoxy) is 3. The van der Waals surface area contributed by atoms with Gasteiger partial charge in [0.15, 0.2) is 6.10 Å². The lowest BCUT2D eigenvalue weighted by Gasteiger charge is -2.18. The van der Waals surface area contributed by atoms with Crippen LogP contribution in [0.2, 0.25) is 0 Å². The highest BCUT2D eigenvalue weighted by Crippen LogP contribution is 2.14. The smallest absolute Gasteiger partial charge is 0.306 e. The molecule has 0 aliphatic heterocycles. The molecular formula is C66H102O6. The lowest BCUT2D eigenvalue weighted by atomic mass is 10.1. The van der Waals surface area contributed by atoms with Crippen molar-refractivity contribution in [1.82, 2.24) is 0 Å². The van der Waals surface area contributed by atoms with Gasteiger partial charge in [-0.2, -0.15) is 0 Å². The Hall–Kier alpha value is -4.97. The van der Waals surface area contributed by atoms with Gasteiger partial charge < -0.3 is 14.2 Å². The van der Waals surface area contributed by atoms with Gasteiger partial charge in [-0.15, -0.1) is 0 Å². The fourth-order valence-corrected chi connectivity index (χ4v) is 7.26. The molecule has 6 nitrogen and oxygen atoms in total. The normalized spacial score (nSPS) is 13.3. The van der Waals surface area contributed by atoms with E-state index in [1.165, 1.54) is 57.8 Å². The summed E-state index contributed by atoms with van der Waals surface area (Å²) in [5, 5.41) is 0. The number of esters is 3. The van der Waals surface area contributed by atoms with E-state index in [1.54, 1.807) is 0 Å². The van der Waals surface area contributed by atoms with E-state index in [0.29, 0.717) is 12.8 Å². The summed E-state index contributed by atoms with van der Waals surface area (Å²) in [4.78, 5) is 38.2. The summed E-state index contributed by atoms with van der Waals surface area (Å²) in [6.07, 6.45) is 85.0. The van der Waals surface area contributed by atoms with Crippen molar-refractivity contribution >= 4 is 17.9 Å². The molecule has 0 fully saturated rings. The Morgan fingerprint density at radius 1 is 0.306 bits per heavy atom. The van der Waals surface area contributed by atoms with Crippen molar-refractivity contribution in [1.29, 1.82) is 0 Å². The Labute approximate surface area is 441 Å². The molecule has 0 saturated heterocycles. The van der Waals surface area contributed by atoms with Gasteiger partial charge >= 0.3 is 17.9 Å². The quantitative estimate of drug-likeness (QED) is 0.0199. The van der Waals surface area contributed by atoms with E-state index in [2.05, 4.69) is 118 Å². The Morgan fingerprint density at radius 2 is 0.611 bits per heavy atom. The maximum atomic E-state index is 12.9. The third-order valence-electron chi connectivity index (χ3n) is 11.5. The molecule has 0 radical (unpaired) electrons. The van der Waals surface area contributed by atoms with Gasteiger partial charge in [0.05, 0.1) is 0 Å². The highest BCUT2D eigenvalue weighted by Gasteiger charge is 2.19. The van der Waals surface area contributed by atoms with Crippen molar-refractivity contribution in [3.8, 4) is 0 Å². The molecule has 0 saturated carbocycles. The molecule has 0 aliphatic rings. The van der Waals surface area contributed by atoms with Crippen molar-refractivity contribution in [3.63, 3.8) is 0 Å². The van der Waals surface area contributed by atoms with Crippen LogP contribution in [0.15, 0.2) is 158 Å². The van der Waals surface area contributed by atoms with Crippen LogP contribution in [0.25, 0.3) is 0 Å². The van der Waals surface area contributed by atoms with Gasteiger partial charge in [0.2, 0.25) is 0 Å². The predicted molar refractivity (Wildman–Crippen MR) is 311 cm³/mol. The number of unbranched alkanes of at least 4 members (excludes halogenated alkanes) is 20. The van der Waals surface area contributed by atoms with Crippen LogP contribution in [0.1, 0.15) is 220 Å². The third-order valence-corrected chi connectivity index (χ3v) is 11.5. The van der Waals surface area contributed by atoms with E-state index in [-0.39, 0.29) is 37.5 Å². The van der Waals surface area contributed by atoms with Gasteiger partial charge in [-0.3, -0.25) is 14.4 Å². The largest absolute Gasteiger partial charge is 0.462 e. The molecular weight excluding hydrogens is 889 g/mol. The molecule has 1 atom stereocenters. The van der Waals surface area contributed by atoms with Crippen LogP contribution in [0.5, 0.6) is 0 Å². The second kappa shape index (κ2) is 58.6. The summed E-state index contributed by atoms with van der Waals surface area (Å²) in [7, 11) is 0. The van der Waals surface area contributed by atoms with Crippen LogP contribution in [-0.2, 0) is 28.6 Å². The highest BCUT2D eigenvalue weighted by molar-refractivity contribution is 5.71. The summed E-state index contributed by atoms with van der Waals surface area (Å²) < 4.78 is 16.8. The molecule has 1 unspecified atom stereocenters. The van der Waals surface area contributed by atoms with E-state index < -0.39 is 6.10 Å². The number of carbonyl (C=O) groups is 3. The van der Waals surface area contributed by atoms with E-state index in [0.717, 1.165) is 122 Å². The Kier molecular flexibility index (Phi) is 54.6. The second-order valence-corrected chi connectivity index (χ2v) is 18.3. The van der Waals surface area contributed by atoms with E-state index in [9.17, 15) is 14.4 Å². The topological polar surface area (TPSA) is 78.9 Å². The summed E-state index contributed by atoms with van der Waals surface area (Å²) in [6, 6.07) is 0. The lowest BCUT2D eigenvalue weighted by Crippen LogP contribution is -2.30. The van der Waals surface area contributed by atoms with Crippen LogP contribution < -0.4 is 0 Å². The van der Waals surface area contributed by atoms with Gasteiger partial charge in [-0.05, 0) is 96.3 Å². The zero-order chi connectivity index (χ0) is 52.2. The third kappa shape index (κ3) is 56.0. The number of rotatable bonds is 49. The zero-order valence-electron chi connectivity index (χ0n) is 45.9. The number of carbonyl (C=O) groups excluding carboxylic acids is 3. The van der Waals surface area contributed by atoms with Gasteiger partial charge in [0.25, 0.3) is 0 Å². The van der Waals surface area contributed by atoms with E-state index >= 15 is 0 Å². The molecule has 6 heteroatoms. The summed E-state index contributed by atoms with van der Waals surface area (Å²) >= 11 is 0. The molecule has 0 amide bonds. The minimum absolute atomic E-state index is 0.113. The molecule has 0 spiro atoms. The van der Waals surface area contributed by atoms with E-state index in [1.807, 2.05) is 60.8 Å². The van der Waals surface area contributed by atoms with Gasteiger partial charge in [0.1, 0.15) is 13.2 Å². The fourth-order valence-electron chi connectivity index (χ4n) is 7.26. The van der Waals surface area contributed by atoms with Crippen LogP contribution >= 0.6 is 0 Å². The van der Waals surface area contributed by atoms with Crippen LogP contribution in [-0.4, -0.2) is 37.2 Å². The Morgan fingerprint density at radius 3 is 1.03 bits per heavy atom. The minimum Gasteiger partial charge on any atom is -0.462 e. The molecule has 0 aliphatic carbocycles. The maximum Gasteiger partial charge on any atom is 0.306 e. The van der Waals surface area contributed by atoms with Gasteiger partial charge in [-0.25, -0.2) is 0 Å². The average Bonchev–Trinajstić information content (AvgIpc) is 3.38. The molecule has 0 aromatic heterocycles. The summed E-state index contributed by atoms with van der Waals surface area (Å²) in [5.41, 5.74) is 0. The fraction of sp³-hybridized carbons (Fsp3) is 0.561. The Bertz CT molecular complexity index is 1660. The first-order chi connectivity index (χ1) is 35.5. The number of hydrogen-bond acceptors (Lipinski definition) is 6. The van der Waals surface area contributed by atoms with Crippen molar-refractivity contribution in [2.75, 3.05) is 13.2 Å². The number of hydrogen-bond donors (Lipinski definition) is 0. The summed E-state index contributed by atoms with van der Waals surface area (Å²) in [5.74, 6) is -0.994. The molecule has 402 valence electrons. The first-order valence-electron chi connectivity index (χ1n) is 28.6. The molecule has 0 aromatic rings. The minimum atomic E-state index is -0.821. The van der Waals surface area contributed by atoms with Gasteiger partial charge in [-0.1, -0.05) is 262 Å². The number of allylic oxidation sites excluding steroid dienone is 26.